The smallest absolute Gasteiger partial charge is 0.255 e. The lowest BCUT2D eigenvalue weighted by atomic mass is 9.89. The Kier molecular flexibility index (Phi) is 3.14. The van der Waals surface area contributed by atoms with Gasteiger partial charge in [-0.1, -0.05) is 24.4 Å². The number of ether oxygens (including phenoxy) is 1. The topological polar surface area (TPSA) is 48.2 Å². The number of rotatable bonds is 2. The molecule has 1 aromatic rings. The van der Waals surface area contributed by atoms with Gasteiger partial charge < -0.3 is 9.26 Å². The molecule has 2 fully saturated rings. The van der Waals surface area contributed by atoms with E-state index in [1.807, 2.05) is 0 Å². The molecule has 0 spiro atoms. The first kappa shape index (κ1) is 11.2. The molecule has 0 N–H and O–H groups in total. The Labute approximate surface area is 102 Å². The van der Waals surface area contributed by atoms with Crippen LogP contribution in [0.25, 0.3) is 0 Å². The first-order valence-electron chi connectivity index (χ1n) is 6.82. The van der Waals surface area contributed by atoms with Gasteiger partial charge in [-0.15, -0.1) is 0 Å². The molecule has 0 bridgehead atoms. The number of aromatic nitrogens is 2. The van der Waals surface area contributed by atoms with Crippen LogP contribution in [0.5, 0.6) is 0 Å². The van der Waals surface area contributed by atoms with Crippen LogP contribution >= 0.6 is 0 Å². The zero-order valence-corrected chi connectivity index (χ0v) is 10.4. The van der Waals surface area contributed by atoms with Crippen LogP contribution < -0.4 is 0 Å². The van der Waals surface area contributed by atoms with E-state index in [9.17, 15) is 0 Å². The highest BCUT2D eigenvalue weighted by Crippen LogP contribution is 2.34. The highest BCUT2D eigenvalue weighted by molar-refractivity contribution is 4.99. The molecule has 4 nitrogen and oxygen atoms in total. The monoisotopic (exact) mass is 236 g/mol. The molecule has 3 rings (SSSR count). The molecule has 17 heavy (non-hydrogen) atoms. The normalized spacial score (nSPS) is 30.9. The Balaban J connectivity index is 1.69. The van der Waals surface area contributed by atoms with Crippen molar-refractivity contribution < 1.29 is 9.26 Å². The van der Waals surface area contributed by atoms with Crippen LogP contribution in [0.4, 0.5) is 0 Å². The van der Waals surface area contributed by atoms with E-state index in [2.05, 4.69) is 17.1 Å². The Morgan fingerprint density at radius 2 is 1.88 bits per heavy atom. The van der Waals surface area contributed by atoms with Gasteiger partial charge in [0.05, 0.1) is 6.10 Å². The lowest BCUT2D eigenvalue weighted by Crippen LogP contribution is -2.07. The third-order valence-corrected chi connectivity index (χ3v) is 3.94. The van der Waals surface area contributed by atoms with E-state index in [4.69, 9.17) is 9.26 Å². The summed E-state index contributed by atoms with van der Waals surface area (Å²) in [4.78, 5) is 4.55. The zero-order chi connectivity index (χ0) is 11.7. The fourth-order valence-corrected chi connectivity index (χ4v) is 2.89. The first-order chi connectivity index (χ1) is 8.33. The molecular weight excluding hydrogens is 216 g/mol. The van der Waals surface area contributed by atoms with Gasteiger partial charge in [0.15, 0.2) is 5.82 Å². The van der Waals surface area contributed by atoms with Gasteiger partial charge in [-0.25, -0.2) is 0 Å². The van der Waals surface area contributed by atoms with Crippen molar-refractivity contribution in [2.24, 2.45) is 0 Å². The quantitative estimate of drug-likeness (QED) is 0.790. The lowest BCUT2D eigenvalue weighted by molar-refractivity contribution is 0.0355. The first-order valence-corrected chi connectivity index (χ1v) is 6.82. The van der Waals surface area contributed by atoms with Gasteiger partial charge in [0.25, 0.3) is 5.89 Å². The second-order valence-electron chi connectivity index (χ2n) is 5.34. The molecule has 1 saturated heterocycles. The molecule has 94 valence electrons. The molecule has 2 atom stereocenters. The molecular formula is C13H20N2O2. The van der Waals surface area contributed by atoms with E-state index in [1.54, 1.807) is 0 Å². The minimum Gasteiger partial charge on any atom is -0.365 e. The van der Waals surface area contributed by atoms with Crippen molar-refractivity contribution in [3.8, 4) is 0 Å². The minimum atomic E-state index is 0.0369. The number of hydrogen-bond donors (Lipinski definition) is 0. The zero-order valence-electron chi connectivity index (χ0n) is 10.4. The summed E-state index contributed by atoms with van der Waals surface area (Å²) in [5.74, 6) is 2.11. The van der Waals surface area contributed by atoms with Crippen LogP contribution in [-0.2, 0) is 4.74 Å². The second-order valence-corrected chi connectivity index (χ2v) is 5.34. The van der Waals surface area contributed by atoms with E-state index in [0.717, 1.165) is 18.7 Å². The summed E-state index contributed by atoms with van der Waals surface area (Å²) >= 11 is 0. The van der Waals surface area contributed by atoms with Gasteiger partial charge in [-0.05, 0) is 32.6 Å². The largest absolute Gasteiger partial charge is 0.365 e. The Morgan fingerprint density at radius 3 is 2.59 bits per heavy atom. The Morgan fingerprint density at radius 1 is 1.06 bits per heavy atom. The molecule has 2 unspecified atom stereocenters. The molecule has 0 aromatic carbocycles. The van der Waals surface area contributed by atoms with Crippen LogP contribution in [0.15, 0.2) is 4.52 Å². The summed E-state index contributed by atoms with van der Waals surface area (Å²) in [6.45, 7) is 2.10. The fraction of sp³-hybridized carbons (Fsp3) is 0.846. The molecule has 0 amide bonds. The van der Waals surface area contributed by atoms with Gasteiger partial charge in [0.2, 0.25) is 0 Å². The average Bonchev–Trinajstić information content (AvgIpc) is 2.98. The van der Waals surface area contributed by atoms with Gasteiger partial charge in [-0.2, -0.15) is 4.98 Å². The molecule has 2 aliphatic rings. The predicted octanol–water partition coefficient (Wildman–Crippen LogP) is 3.36. The third kappa shape index (κ3) is 2.37. The third-order valence-electron chi connectivity index (χ3n) is 3.94. The Hall–Kier alpha value is -0.900. The highest BCUT2D eigenvalue weighted by Gasteiger charge is 2.29. The summed E-state index contributed by atoms with van der Waals surface area (Å²) in [6.07, 6.45) is 8.82. The standard InChI is InChI=1S/C13H20N2O2/c1-9-7-8-11(16-9)13-14-12(15-17-13)10-5-3-2-4-6-10/h9-11H,2-8H2,1H3. The summed E-state index contributed by atoms with van der Waals surface area (Å²) in [5.41, 5.74) is 0. The average molecular weight is 236 g/mol. The van der Waals surface area contributed by atoms with Crippen molar-refractivity contribution in [2.45, 2.75) is 70.0 Å². The van der Waals surface area contributed by atoms with Gasteiger partial charge in [-0.3, -0.25) is 0 Å². The van der Waals surface area contributed by atoms with Crippen molar-refractivity contribution in [3.63, 3.8) is 0 Å². The summed E-state index contributed by atoms with van der Waals surface area (Å²) in [5, 5.41) is 4.14. The van der Waals surface area contributed by atoms with E-state index in [0.29, 0.717) is 17.9 Å². The molecule has 1 aromatic heterocycles. The Bertz CT molecular complexity index is 352. The van der Waals surface area contributed by atoms with Crippen LogP contribution in [0.1, 0.15) is 75.6 Å². The van der Waals surface area contributed by atoms with Crippen LogP contribution in [0, 0.1) is 0 Å². The van der Waals surface area contributed by atoms with Gasteiger partial charge >= 0.3 is 0 Å². The number of hydrogen-bond acceptors (Lipinski definition) is 4. The van der Waals surface area contributed by atoms with E-state index < -0.39 is 0 Å². The summed E-state index contributed by atoms with van der Waals surface area (Å²) < 4.78 is 11.1. The van der Waals surface area contributed by atoms with Crippen LogP contribution in [-0.4, -0.2) is 16.2 Å². The molecule has 2 heterocycles. The van der Waals surface area contributed by atoms with Crippen molar-refractivity contribution >= 4 is 0 Å². The maximum Gasteiger partial charge on any atom is 0.255 e. The lowest BCUT2D eigenvalue weighted by Gasteiger charge is -2.17. The summed E-state index contributed by atoms with van der Waals surface area (Å²) in [6, 6.07) is 0. The molecule has 0 radical (unpaired) electrons. The molecule has 1 saturated carbocycles. The second kappa shape index (κ2) is 4.77. The minimum absolute atomic E-state index is 0.0369. The summed E-state index contributed by atoms with van der Waals surface area (Å²) in [7, 11) is 0. The van der Waals surface area contributed by atoms with Crippen LogP contribution in [0.3, 0.4) is 0 Å². The van der Waals surface area contributed by atoms with Gasteiger partial charge in [0, 0.05) is 5.92 Å². The SMILES string of the molecule is CC1CCC(c2nc(C3CCCCC3)no2)O1. The van der Waals surface area contributed by atoms with Crippen molar-refractivity contribution in [2.75, 3.05) is 0 Å². The molecule has 1 aliphatic heterocycles. The van der Waals surface area contributed by atoms with E-state index in [1.165, 1.54) is 32.1 Å². The van der Waals surface area contributed by atoms with Crippen molar-refractivity contribution in [3.05, 3.63) is 11.7 Å². The van der Waals surface area contributed by atoms with Crippen LogP contribution in [0.2, 0.25) is 0 Å². The van der Waals surface area contributed by atoms with Gasteiger partial charge in [0.1, 0.15) is 6.10 Å². The maximum atomic E-state index is 5.75. The molecule has 1 aliphatic carbocycles. The molecule has 4 heteroatoms. The van der Waals surface area contributed by atoms with Crippen molar-refractivity contribution in [1.29, 1.82) is 0 Å². The number of nitrogens with zero attached hydrogens (tertiary/aromatic N) is 2. The predicted molar refractivity (Wildman–Crippen MR) is 62.6 cm³/mol. The maximum absolute atomic E-state index is 5.75. The fourth-order valence-electron chi connectivity index (χ4n) is 2.89. The van der Waals surface area contributed by atoms with E-state index in [-0.39, 0.29) is 6.10 Å². The van der Waals surface area contributed by atoms with E-state index >= 15 is 0 Å². The highest BCUT2D eigenvalue weighted by atomic mass is 16.5. The van der Waals surface area contributed by atoms with Crippen molar-refractivity contribution in [1.82, 2.24) is 10.1 Å².